The Morgan fingerprint density at radius 3 is 2.50 bits per heavy atom. The molecule has 3 aliphatic rings. The summed E-state index contributed by atoms with van der Waals surface area (Å²) < 4.78 is 11.3. The highest BCUT2D eigenvalue weighted by atomic mass is 16.5. The van der Waals surface area contributed by atoms with Gasteiger partial charge in [-0.1, -0.05) is 91.4 Å². The number of ketones is 1. The Bertz CT molecular complexity index is 1540. The number of benzene rings is 3. The van der Waals surface area contributed by atoms with Gasteiger partial charge >= 0.3 is 0 Å². The second-order valence-electron chi connectivity index (χ2n) is 14.9. The molecular formula is C43H57NO6. The predicted octanol–water partition coefficient (Wildman–Crippen LogP) is 6.87. The molecule has 5 atom stereocenters. The van der Waals surface area contributed by atoms with Crippen LogP contribution in [0.1, 0.15) is 97.3 Å². The van der Waals surface area contributed by atoms with E-state index >= 15 is 0 Å². The molecule has 3 aliphatic carbocycles. The van der Waals surface area contributed by atoms with Crippen LogP contribution in [0.2, 0.25) is 0 Å². The molecule has 2 bridgehead atoms. The average molecular weight is 684 g/mol. The Hall–Kier alpha value is -3.17. The molecule has 1 fully saturated rings. The number of carbonyl (C=O) groups is 1. The first-order chi connectivity index (χ1) is 24.1. The second kappa shape index (κ2) is 17.9. The quantitative estimate of drug-likeness (QED) is 0.0969. The molecule has 0 radical (unpaired) electrons. The number of allylic oxidation sites excluding steroid dienone is 2. The molecule has 50 heavy (non-hydrogen) atoms. The Morgan fingerprint density at radius 1 is 1.02 bits per heavy atom. The van der Waals surface area contributed by atoms with Crippen molar-refractivity contribution in [3.8, 4) is 0 Å². The largest absolute Gasteiger partial charge is 0.393 e. The molecule has 3 aromatic carbocycles. The lowest BCUT2D eigenvalue weighted by Crippen LogP contribution is -2.54. The van der Waals surface area contributed by atoms with Crippen molar-refractivity contribution in [2.75, 3.05) is 40.0 Å². The number of aliphatic hydroxyl groups excluding tert-OH is 2. The Balaban J connectivity index is 1.45. The van der Waals surface area contributed by atoms with Crippen molar-refractivity contribution in [2.24, 2.45) is 5.41 Å². The molecule has 0 aromatic heterocycles. The predicted molar refractivity (Wildman–Crippen MR) is 198 cm³/mol. The third-order valence-electron chi connectivity index (χ3n) is 11.2. The molecule has 0 spiro atoms. The zero-order valence-corrected chi connectivity index (χ0v) is 30.2. The zero-order chi connectivity index (χ0) is 35.6. The van der Waals surface area contributed by atoms with Crippen LogP contribution in [0.4, 0.5) is 0 Å². The lowest BCUT2D eigenvalue weighted by Gasteiger charge is -2.46. The van der Waals surface area contributed by atoms with Gasteiger partial charge in [0.05, 0.1) is 31.0 Å². The third-order valence-corrected chi connectivity index (χ3v) is 11.2. The van der Waals surface area contributed by atoms with E-state index < -0.39 is 23.2 Å². The summed E-state index contributed by atoms with van der Waals surface area (Å²) in [6.45, 7) is 6.99. The van der Waals surface area contributed by atoms with Gasteiger partial charge in [-0.15, -0.1) is 0 Å². The number of carbonyl (C=O) groups excluding carboxylic acids is 1. The van der Waals surface area contributed by atoms with E-state index in [0.29, 0.717) is 63.2 Å². The van der Waals surface area contributed by atoms with Gasteiger partial charge in [-0.05, 0) is 87.0 Å². The highest BCUT2D eigenvalue weighted by molar-refractivity contribution is 6.10. The molecular weight excluding hydrogens is 626 g/mol. The average Bonchev–Trinajstić information content (AvgIpc) is 3.36. The van der Waals surface area contributed by atoms with Crippen molar-refractivity contribution in [2.45, 2.75) is 95.5 Å². The van der Waals surface area contributed by atoms with E-state index in [-0.39, 0.29) is 18.3 Å². The number of nitrogens with zero attached hydrogens (tertiary/aromatic N) is 1. The van der Waals surface area contributed by atoms with Crippen LogP contribution in [-0.4, -0.2) is 83.8 Å². The van der Waals surface area contributed by atoms with Crippen LogP contribution in [-0.2, 0) is 22.5 Å². The van der Waals surface area contributed by atoms with Gasteiger partial charge in [-0.25, -0.2) is 0 Å². The minimum atomic E-state index is -1.07. The number of aliphatic hydroxyl groups is 3. The smallest absolute Gasteiger partial charge is 0.193 e. The van der Waals surface area contributed by atoms with Crippen LogP contribution in [0, 0.1) is 5.41 Å². The van der Waals surface area contributed by atoms with Crippen molar-refractivity contribution in [1.82, 2.24) is 4.90 Å². The molecule has 0 amide bonds. The second-order valence-corrected chi connectivity index (χ2v) is 14.9. The summed E-state index contributed by atoms with van der Waals surface area (Å²) in [4.78, 5) is 16.4. The lowest BCUT2D eigenvalue weighted by molar-refractivity contribution is -0.0913. The van der Waals surface area contributed by atoms with Crippen LogP contribution in [0.15, 0.2) is 90.5 Å². The van der Waals surface area contributed by atoms with Crippen LogP contribution >= 0.6 is 0 Å². The summed E-state index contributed by atoms with van der Waals surface area (Å²) >= 11 is 0. The number of hydrogen-bond acceptors (Lipinski definition) is 7. The molecule has 1 saturated carbocycles. The van der Waals surface area contributed by atoms with Crippen LogP contribution < -0.4 is 0 Å². The fourth-order valence-electron chi connectivity index (χ4n) is 8.22. The van der Waals surface area contributed by atoms with E-state index in [9.17, 15) is 20.1 Å². The topological polar surface area (TPSA) is 99.5 Å². The lowest BCUT2D eigenvalue weighted by atomic mass is 9.64. The Morgan fingerprint density at radius 2 is 1.76 bits per heavy atom. The number of ether oxygens (including phenoxy) is 2. The van der Waals surface area contributed by atoms with Crippen LogP contribution in [0.3, 0.4) is 0 Å². The summed E-state index contributed by atoms with van der Waals surface area (Å²) in [5, 5.41) is 34.9. The van der Waals surface area contributed by atoms with Crippen LogP contribution in [0.25, 0.3) is 0 Å². The van der Waals surface area contributed by atoms with Gasteiger partial charge in [0.2, 0.25) is 0 Å². The van der Waals surface area contributed by atoms with E-state index in [4.69, 9.17) is 9.47 Å². The highest BCUT2D eigenvalue weighted by Crippen LogP contribution is 2.59. The van der Waals surface area contributed by atoms with Crippen molar-refractivity contribution in [3.05, 3.63) is 118 Å². The van der Waals surface area contributed by atoms with Crippen molar-refractivity contribution in [3.63, 3.8) is 0 Å². The minimum Gasteiger partial charge on any atom is -0.393 e. The maximum Gasteiger partial charge on any atom is 0.193 e. The minimum absolute atomic E-state index is 0.0302. The van der Waals surface area contributed by atoms with Gasteiger partial charge in [0.25, 0.3) is 0 Å². The van der Waals surface area contributed by atoms with E-state index in [1.807, 2.05) is 66.7 Å². The Kier molecular flexibility index (Phi) is 13.6. The zero-order valence-electron chi connectivity index (χ0n) is 30.2. The summed E-state index contributed by atoms with van der Waals surface area (Å²) in [5.74, 6) is -0.0943. The monoisotopic (exact) mass is 683 g/mol. The summed E-state index contributed by atoms with van der Waals surface area (Å²) in [6, 6.07) is 25.5. The molecule has 7 nitrogen and oxygen atoms in total. The fourth-order valence-corrected chi connectivity index (χ4v) is 8.22. The fraction of sp³-hybridized carbons (Fsp3) is 0.512. The van der Waals surface area contributed by atoms with E-state index in [2.05, 4.69) is 37.0 Å². The van der Waals surface area contributed by atoms with E-state index in [1.165, 1.54) is 5.57 Å². The van der Waals surface area contributed by atoms with Gasteiger partial charge in [0, 0.05) is 49.9 Å². The molecule has 3 N–H and O–H groups in total. The van der Waals surface area contributed by atoms with Crippen molar-refractivity contribution in [1.29, 1.82) is 0 Å². The number of fused-ring (bicyclic) bond motifs is 8. The third kappa shape index (κ3) is 9.58. The Labute approximate surface area is 298 Å². The van der Waals surface area contributed by atoms with Crippen molar-refractivity contribution >= 4 is 5.78 Å². The first-order valence-electron chi connectivity index (χ1n) is 18.4. The highest BCUT2D eigenvalue weighted by Gasteiger charge is 2.57. The van der Waals surface area contributed by atoms with Gasteiger partial charge in [-0.2, -0.15) is 0 Å². The maximum atomic E-state index is 14.2. The first-order valence-corrected chi connectivity index (χ1v) is 18.4. The van der Waals surface area contributed by atoms with E-state index in [0.717, 1.165) is 48.8 Å². The summed E-state index contributed by atoms with van der Waals surface area (Å²) in [7, 11) is 1.69. The molecule has 0 aliphatic heterocycles. The molecule has 270 valence electrons. The number of rotatable bonds is 14. The van der Waals surface area contributed by atoms with Gasteiger partial charge in [0.15, 0.2) is 5.78 Å². The van der Waals surface area contributed by atoms with Crippen molar-refractivity contribution < 1.29 is 29.6 Å². The molecule has 5 unspecified atom stereocenters. The molecule has 3 aromatic rings. The summed E-state index contributed by atoms with van der Waals surface area (Å²) in [5.41, 5.74) is 3.88. The molecule has 0 heterocycles. The molecule has 7 heteroatoms. The number of methoxy groups -OCH3 is 1. The van der Waals surface area contributed by atoms with Crippen LogP contribution in [0.5, 0.6) is 0 Å². The summed E-state index contributed by atoms with van der Waals surface area (Å²) in [6.07, 6.45) is 6.62. The molecule has 0 saturated heterocycles. The van der Waals surface area contributed by atoms with Gasteiger partial charge in [0.1, 0.15) is 0 Å². The SMILES string of the molecule is COCCCN(CC(O)COCc1ccccc1)CC1(O)CCC2c3ccc(cc3C(=O)c3ccccc3)CC(O)CCC(C)=CCCC21C. The number of hydrogen-bond donors (Lipinski definition) is 3. The standard InChI is InChI=1S/C43H57NO6/c1-32-12-10-22-42(2)40(38-20-18-34(26-36(45)19-17-32)27-39(38)41(47)35-15-8-5-9-16-35)21-23-43(42,48)31-44(24-11-25-49-3)28-37(46)30-50-29-33-13-6-4-7-14-33/h4-9,12-16,18,20,27,36-37,40,45-46,48H,10-11,17,19,21-26,28-31H2,1-3H3. The van der Waals surface area contributed by atoms with E-state index in [1.54, 1.807) is 7.11 Å². The normalized spacial score (nSPS) is 24.8. The molecule has 6 rings (SSSR count). The van der Waals surface area contributed by atoms with Gasteiger partial charge in [-0.3, -0.25) is 9.69 Å². The van der Waals surface area contributed by atoms with Gasteiger partial charge < -0.3 is 24.8 Å². The first kappa shape index (κ1) is 38.1. The maximum absolute atomic E-state index is 14.2.